The molecule has 1 aliphatic rings. The quantitative estimate of drug-likeness (QED) is 0.459. The van der Waals surface area contributed by atoms with E-state index in [-0.39, 0.29) is 42.0 Å². The van der Waals surface area contributed by atoms with Crippen LogP contribution in [0.4, 0.5) is 0 Å². The Morgan fingerprint density at radius 2 is 1.74 bits per heavy atom. The largest absolute Gasteiger partial charge is 0.464 e. The molecule has 0 amide bonds. The third-order valence-electron chi connectivity index (χ3n) is 5.21. The minimum atomic E-state index is -1.08. The first-order chi connectivity index (χ1) is 16.4. The Morgan fingerprint density at radius 3 is 2.44 bits per heavy atom. The highest BCUT2D eigenvalue weighted by atomic mass is 35.5. The summed E-state index contributed by atoms with van der Waals surface area (Å²) in [5, 5.41) is 1.96. The minimum Gasteiger partial charge on any atom is -0.464 e. The van der Waals surface area contributed by atoms with Crippen molar-refractivity contribution in [1.29, 1.82) is 0 Å². The molecule has 0 spiro atoms. The van der Waals surface area contributed by atoms with Gasteiger partial charge in [0, 0.05) is 5.02 Å². The summed E-state index contributed by atoms with van der Waals surface area (Å²) in [5.41, 5.74) is 0.702. The first kappa shape index (κ1) is 23.5. The average molecular weight is 484 g/mol. The predicted molar refractivity (Wildman–Crippen MR) is 124 cm³/mol. The molecular weight excluding hydrogens is 462 g/mol. The van der Waals surface area contributed by atoms with Gasteiger partial charge in [0.2, 0.25) is 5.76 Å². The number of rotatable bonds is 7. The fourth-order valence-electron chi connectivity index (χ4n) is 3.75. The molecule has 0 saturated heterocycles. The molecule has 0 N–H and O–H groups in total. The number of ether oxygens (including phenoxy) is 2. The normalized spacial score (nSPS) is 15.9. The molecule has 2 heterocycles. The third kappa shape index (κ3) is 4.55. The van der Waals surface area contributed by atoms with Gasteiger partial charge in [-0.3, -0.25) is 4.79 Å². The van der Waals surface area contributed by atoms with Crippen molar-refractivity contribution in [1.82, 2.24) is 5.06 Å². The zero-order valence-corrected chi connectivity index (χ0v) is 19.3. The van der Waals surface area contributed by atoms with E-state index < -0.39 is 23.4 Å². The van der Waals surface area contributed by atoms with Crippen LogP contribution in [0, 0.1) is 0 Å². The summed E-state index contributed by atoms with van der Waals surface area (Å²) in [6.45, 7) is 3.57. The van der Waals surface area contributed by atoms with E-state index in [2.05, 4.69) is 0 Å². The number of carbonyl (C=O) groups is 2. The lowest BCUT2D eigenvalue weighted by molar-refractivity contribution is -0.162. The molecule has 8 nitrogen and oxygen atoms in total. The molecule has 1 aromatic heterocycles. The number of benzene rings is 2. The Bertz CT molecular complexity index is 1320. The molecule has 1 atom stereocenters. The standard InChI is InChI=1S/C25H22ClNO7/c1-3-31-24(29)20-21(18-14-33-19-11-10-16(26)12-17(19)22(18)28)27(13-15-8-6-5-7-9-15)34-23(20)25(30)32-4-2/h5-12,14,21H,3-4,13H2,1-2H3. The summed E-state index contributed by atoms with van der Waals surface area (Å²) in [5.74, 6) is -1.96. The van der Waals surface area contributed by atoms with E-state index in [1.165, 1.54) is 17.4 Å². The number of nitrogens with zero attached hydrogens (tertiary/aromatic N) is 1. The van der Waals surface area contributed by atoms with Crippen molar-refractivity contribution >= 4 is 34.5 Å². The van der Waals surface area contributed by atoms with Gasteiger partial charge >= 0.3 is 11.9 Å². The van der Waals surface area contributed by atoms with Crippen molar-refractivity contribution in [2.75, 3.05) is 13.2 Å². The summed E-state index contributed by atoms with van der Waals surface area (Å²) in [6.07, 6.45) is 1.26. The minimum absolute atomic E-state index is 0.0613. The van der Waals surface area contributed by atoms with E-state index in [9.17, 15) is 14.4 Å². The van der Waals surface area contributed by atoms with Crippen molar-refractivity contribution in [2.24, 2.45) is 0 Å². The number of carbonyl (C=O) groups excluding carboxylic acids is 2. The molecule has 0 radical (unpaired) electrons. The molecule has 0 saturated carbocycles. The number of hydroxylamine groups is 2. The Labute approximate surface area is 200 Å². The van der Waals surface area contributed by atoms with Crippen molar-refractivity contribution in [3.63, 3.8) is 0 Å². The van der Waals surface area contributed by atoms with E-state index in [0.717, 1.165) is 5.56 Å². The van der Waals surface area contributed by atoms with Gasteiger partial charge < -0.3 is 18.7 Å². The monoisotopic (exact) mass is 483 g/mol. The molecule has 1 aliphatic heterocycles. The van der Waals surface area contributed by atoms with Crippen LogP contribution < -0.4 is 5.43 Å². The number of fused-ring (bicyclic) bond motifs is 1. The van der Waals surface area contributed by atoms with E-state index in [4.69, 9.17) is 30.3 Å². The molecule has 1 unspecified atom stereocenters. The highest BCUT2D eigenvalue weighted by Crippen LogP contribution is 2.40. The van der Waals surface area contributed by atoms with E-state index in [1.54, 1.807) is 26.0 Å². The van der Waals surface area contributed by atoms with Gasteiger partial charge in [-0.05, 0) is 37.6 Å². The smallest absolute Gasteiger partial charge is 0.376 e. The fraction of sp³-hybridized carbons (Fsp3) is 0.240. The number of halogens is 1. The topological polar surface area (TPSA) is 95.3 Å². The maximum Gasteiger partial charge on any atom is 0.376 e. The van der Waals surface area contributed by atoms with Gasteiger partial charge in [0.15, 0.2) is 5.43 Å². The van der Waals surface area contributed by atoms with E-state index in [0.29, 0.717) is 10.6 Å². The van der Waals surface area contributed by atoms with Crippen LogP contribution in [-0.2, 0) is 30.4 Å². The van der Waals surface area contributed by atoms with Crippen LogP contribution in [0.1, 0.15) is 31.0 Å². The van der Waals surface area contributed by atoms with Crippen LogP contribution >= 0.6 is 11.6 Å². The Hall–Kier alpha value is -3.62. The molecule has 2 aromatic carbocycles. The van der Waals surface area contributed by atoms with Gasteiger partial charge in [0.25, 0.3) is 0 Å². The predicted octanol–water partition coefficient (Wildman–Crippen LogP) is 4.32. The molecular formula is C25H22ClNO7. The van der Waals surface area contributed by atoms with Crippen LogP contribution in [-0.4, -0.2) is 30.2 Å². The van der Waals surface area contributed by atoms with Gasteiger partial charge in [-0.1, -0.05) is 41.9 Å². The summed E-state index contributed by atoms with van der Waals surface area (Å²) in [7, 11) is 0. The second-order valence-corrected chi connectivity index (χ2v) is 7.84. The van der Waals surface area contributed by atoms with E-state index >= 15 is 0 Å². The van der Waals surface area contributed by atoms with E-state index in [1.807, 2.05) is 30.3 Å². The highest BCUT2D eigenvalue weighted by Gasteiger charge is 2.45. The zero-order valence-electron chi connectivity index (χ0n) is 18.6. The summed E-state index contributed by atoms with van der Waals surface area (Å²) in [4.78, 5) is 45.1. The van der Waals surface area contributed by atoms with Crippen LogP contribution in [0.15, 0.2) is 75.3 Å². The van der Waals surface area contributed by atoms with Crippen molar-refractivity contribution < 1.29 is 28.3 Å². The maximum absolute atomic E-state index is 13.5. The van der Waals surface area contributed by atoms with Crippen LogP contribution in [0.2, 0.25) is 5.02 Å². The van der Waals surface area contributed by atoms with Crippen LogP contribution in [0.5, 0.6) is 0 Å². The first-order valence-electron chi connectivity index (χ1n) is 10.7. The lowest BCUT2D eigenvalue weighted by atomic mass is 9.97. The van der Waals surface area contributed by atoms with Crippen LogP contribution in [0.3, 0.4) is 0 Å². The Kier molecular flexibility index (Phi) is 7.00. The zero-order chi connectivity index (χ0) is 24.2. The molecule has 3 aromatic rings. The average Bonchev–Trinajstić information content (AvgIpc) is 3.20. The molecule has 0 aliphatic carbocycles. The van der Waals surface area contributed by atoms with Gasteiger partial charge in [-0.2, -0.15) is 0 Å². The lowest BCUT2D eigenvalue weighted by Crippen LogP contribution is -2.30. The van der Waals surface area contributed by atoms with Crippen molar-refractivity contribution in [2.45, 2.75) is 26.4 Å². The maximum atomic E-state index is 13.5. The van der Waals surface area contributed by atoms with Gasteiger partial charge in [0.05, 0.1) is 30.7 Å². The Balaban J connectivity index is 1.90. The number of esters is 2. The van der Waals surface area contributed by atoms with Gasteiger partial charge in [-0.25, -0.2) is 9.59 Å². The second kappa shape index (κ2) is 10.1. The molecule has 34 heavy (non-hydrogen) atoms. The summed E-state index contributed by atoms with van der Waals surface area (Å²) in [6, 6.07) is 12.9. The van der Waals surface area contributed by atoms with Gasteiger partial charge in [-0.15, -0.1) is 5.06 Å². The van der Waals surface area contributed by atoms with Crippen LogP contribution in [0.25, 0.3) is 11.0 Å². The molecule has 4 rings (SSSR count). The number of hydrogen-bond acceptors (Lipinski definition) is 8. The van der Waals surface area contributed by atoms with Crippen molar-refractivity contribution in [3.8, 4) is 0 Å². The highest BCUT2D eigenvalue weighted by molar-refractivity contribution is 6.31. The number of hydrogen-bond donors (Lipinski definition) is 0. The Morgan fingerprint density at radius 1 is 1.03 bits per heavy atom. The molecule has 176 valence electrons. The second-order valence-electron chi connectivity index (χ2n) is 7.40. The molecule has 9 heteroatoms. The molecule has 0 fully saturated rings. The molecule has 0 bridgehead atoms. The summed E-state index contributed by atoms with van der Waals surface area (Å²) >= 11 is 6.10. The fourth-order valence-corrected chi connectivity index (χ4v) is 3.92. The third-order valence-corrected chi connectivity index (χ3v) is 5.44. The van der Waals surface area contributed by atoms with Crippen molar-refractivity contribution in [3.05, 3.63) is 92.5 Å². The SMILES string of the molecule is CCOC(=O)C1=C(C(=O)OCC)C(c2coc3ccc(Cl)cc3c2=O)N(Cc2ccccc2)O1. The van der Waals surface area contributed by atoms with Gasteiger partial charge in [0.1, 0.15) is 23.5 Å². The summed E-state index contributed by atoms with van der Waals surface area (Å²) < 4.78 is 16.0. The lowest BCUT2D eigenvalue weighted by Gasteiger charge is -2.24. The first-order valence-corrected chi connectivity index (χ1v) is 11.1.